The van der Waals surface area contributed by atoms with Crippen LogP contribution >= 0.6 is 12.4 Å². The Bertz CT molecular complexity index is 1010. The number of hydrogen-bond acceptors (Lipinski definition) is 5. The maximum atomic E-state index is 7.39. The summed E-state index contributed by atoms with van der Waals surface area (Å²) in [5.74, 6) is 2.43. The molecule has 1 heterocycles. The molecule has 0 saturated heterocycles. The highest BCUT2D eigenvalue weighted by atomic mass is 35.5. The summed E-state index contributed by atoms with van der Waals surface area (Å²) in [7, 11) is 0. The molecule has 0 spiro atoms. The van der Waals surface area contributed by atoms with Crippen LogP contribution in [-0.4, -0.2) is 5.84 Å². The van der Waals surface area contributed by atoms with Crippen LogP contribution in [-0.2, 0) is 0 Å². The fourth-order valence-electron chi connectivity index (χ4n) is 2.47. The second-order valence-electron chi connectivity index (χ2n) is 5.56. The van der Waals surface area contributed by atoms with E-state index >= 15 is 0 Å². The molecule has 7 nitrogen and oxygen atoms in total. The third-order valence-electron chi connectivity index (χ3n) is 3.77. The van der Waals surface area contributed by atoms with Gasteiger partial charge in [0.2, 0.25) is 0 Å². The molecule has 0 amide bonds. The van der Waals surface area contributed by atoms with E-state index in [1.54, 1.807) is 30.3 Å². The van der Waals surface area contributed by atoms with Crippen molar-refractivity contribution in [2.75, 3.05) is 5.43 Å². The van der Waals surface area contributed by atoms with Crippen molar-refractivity contribution < 1.29 is 9.47 Å². The lowest BCUT2D eigenvalue weighted by Gasteiger charge is -2.20. The number of nitrogens with two attached hydrogens (primary N) is 1. The molecule has 3 aromatic rings. The van der Waals surface area contributed by atoms with Gasteiger partial charge in [0.25, 0.3) is 0 Å². The Balaban J connectivity index is 0.00000210. The largest absolute Gasteiger partial charge is 0.449 e. The summed E-state index contributed by atoms with van der Waals surface area (Å²) in [6.45, 7) is 0. The van der Waals surface area contributed by atoms with Gasteiger partial charge in [-0.3, -0.25) is 10.8 Å². The van der Waals surface area contributed by atoms with E-state index in [4.69, 9.17) is 20.6 Å². The molecule has 4 N–H and O–H groups in total. The number of halogens is 1. The van der Waals surface area contributed by atoms with Crippen molar-refractivity contribution in [1.29, 1.82) is 5.41 Å². The molecule has 136 valence electrons. The number of nitrogen functional groups attached to an aromatic ring is 1. The molecule has 0 bridgehead atoms. The summed E-state index contributed by atoms with van der Waals surface area (Å²) >= 11 is 0. The number of para-hydroxylation sites is 3. The van der Waals surface area contributed by atoms with Gasteiger partial charge in [-0.2, -0.15) is 0 Å². The summed E-state index contributed by atoms with van der Waals surface area (Å²) < 4.78 is 11.7. The van der Waals surface area contributed by atoms with Crippen LogP contribution in [0.4, 0.5) is 11.4 Å². The second-order valence-corrected chi connectivity index (χ2v) is 5.56. The number of rotatable bonds is 4. The number of ether oxygens (including phenoxy) is 2. The van der Waals surface area contributed by atoms with Crippen LogP contribution in [0.2, 0.25) is 0 Å². The summed E-state index contributed by atoms with van der Waals surface area (Å²) in [4.78, 5) is 0. The van der Waals surface area contributed by atoms with Gasteiger partial charge in [-0.15, -0.1) is 17.5 Å². The number of fused-ring (bicyclic) bond motifs is 2. The molecule has 8 heteroatoms. The van der Waals surface area contributed by atoms with Crippen molar-refractivity contribution in [2.24, 2.45) is 16.1 Å². The van der Waals surface area contributed by atoms with Gasteiger partial charge in [-0.1, -0.05) is 23.4 Å². The van der Waals surface area contributed by atoms with Crippen LogP contribution in [0.3, 0.4) is 0 Å². The monoisotopic (exact) mass is 381 g/mol. The van der Waals surface area contributed by atoms with Gasteiger partial charge in [-0.05, 0) is 48.5 Å². The number of hydrogen-bond donors (Lipinski definition) is 3. The average Bonchev–Trinajstić information content (AvgIpc) is 2.67. The standard InChI is InChI=1S/C19H15N5O2.ClH/c20-19(21)12-8-10-13(11-9-12)22-24-23-14-4-3-7-17-18(14)26-16-6-2-1-5-15(16)25-17;/h1-11H,(H3,20,21)(H,22,23);1H. The fourth-order valence-corrected chi connectivity index (χ4v) is 2.47. The van der Waals surface area contributed by atoms with Crippen molar-refractivity contribution in [2.45, 2.75) is 0 Å². The SMILES string of the molecule is Cl.N=C(N)c1ccc(NN=Nc2cccc3c2Oc2ccccc2O3)cc1. The maximum absolute atomic E-state index is 7.39. The van der Waals surface area contributed by atoms with Crippen LogP contribution in [0.25, 0.3) is 0 Å². The Morgan fingerprint density at radius 1 is 0.852 bits per heavy atom. The molecule has 27 heavy (non-hydrogen) atoms. The van der Waals surface area contributed by atoms with E-state index in [2.05, 4.69) is 15.8 Å². The Hall–Kier alpha value is -3.58. The Morgan fingerprint density at radius 2 is 1.52 bits per heavy atom. The molecule has 0 aromatic heterocycles. The molecule has 4 rings (SSSR count). The van der Waals surface area contributed by atoms with E-state index in [9.17, 15) is 0 Å². The van der Waals surface area contributed by atoms with E-state index in [-0.39, 0.29) is 18.2 Å². The molecular formula is C19H16ClN5O2. The molecule has 1 aliphatic rings. The topological polar surface area (TPSA) is 105 Å². The Morgan fingerprint density at radius 3 is 2.22 bits per heavy atom. The summed E-state index contributed by atoms with van der Waals surface area (Å²) in [6.07, 6.45) is 0. The zero-order valence-corrected chi connectivity index (χ0v) is 14.9. The van der Waals surface area contributed by atoms with Gasteiger partial charge in [0.15, 0.2) is 23.0 Å². The van der Waals surface area contributed by atoms with Crippen molar-refractivity contribution in [3.05, 3.63) is 72.3 Å². The lowest BCUT2D eigenvalue weighted by Crippen LogP contribution is -2.10. The highest BCUT2D eigenvalue weighted by molar-refractivity contribution is 5.95. The minimum Gasteiger partial charge on any atom is -0.449 e. The van der Waals surface area contributed by atoms with Gasteiger partial charge in [0, 0.05) is 5.56 Å². The van der Waals surface area contributed by atoms with Crippen molar-refractivity contribution in [3.8, 4) is 23.0 Å². The first-order valence-electron chi connectivity index (χ1n) is 7.90. The quantitative estimate of drug-likeness (QED) is 0.190. The van der Waals surface area contributed by atoms with Crippen molar-refractivity contribution in [3.63, 3.8) is 0 Å². The van der Waals surface area contributed by atoms with Gasteiger partial charge in [0.1, 0.15) is 11.5 Å². The molecule has 0 aliphatic carbocycles. The summed E-state index contributed by atoms with van der Waals surface area (Å²) in [5.41, 5.74) is 10.2. The number of benzene rings is 3. The van der Waals surface area contributed by atoms with E-state index < -0.39 is 0 Å². The molecule has 3 aromatic carbocycles. The van der Waals surface area contributed by atoms with Crippen LogP contribution in [0.1, 0.15) is 5.56 Å². The lowest BCUT2D eigenvalue weighted by molar-refractivity contribution is 0.360. The van der Waals surface area contributed by atoms with Crippen molar-refractivity contribution >= 4 is 29.6 Å². The molecule has 0 fully saturated rings. The first kappa shape index (κ1) is 18.2. The first-order chi connectivity index (χ1) is 12.7. The van der Waals surface area contributed by atoms with E-state index in [0.29, 0.717) is 34.2 Å². The Kier molecular flexibility index (Phi) is 5.23. The average molecular weight is 382 g/mol. The molecule has 0 radical (unpaired) electrons. The zero-order valence-electron chi connectivity index (χ0n) is 14.0. The molecule has 0 saturated carbocycles. The van der Waals surface area contributed by atoms with Gasteiger partial charge < -0.3 is 15.2 Å². The lowest BCUT2D eigenvalue weighted by atomic mass is 10.2. The third kappa shape index (κ3) is 3.83. The smallest absolute Gasteiger partial charge is 0.197 e. The van der Waals surface area contributed by atoms with Crippen molar-refractivity contribution in [1.82, 2.24) is 0 Å². The van der Waals surface area contributed by atoms with E-state index in [1.165, 1.54) is 0 Å². The minimum atomic E-state index is 0. The molecule has 0 atom stereocenters. The number of nitrogens with one attached hydrogen (secondary N) is 2. The van der Waals surface area contributed by atoms with Crippen LogP contribution in [0, 0.1) is 5.41 Å². The van der Waals surface area contributed by atoms with Crippen LogP contribution < -0.4 is 20.6 Å². The molecule has 0 unspecified atom stereocenters. The maximum Gasteiger partial charge on any atom is 0.197 e. The number of nitrogens with zero attached hydrogens (tertiary/aromatic N) is 2. The molecular weight excluding hydrogens is 366 g/mol. The minimum absolute atomic E-state index is 0. The number of anilines is 1. The molecule has 1 aliphatic heterocycles. The second kappa shape index (κ2) is 7.76. The summed E-state index contributed by atoms with van der Waals surface area (Å²) in [6, 6.07) is 19.9. The summed E-state index contributed by atoms with van der Waals surface area (Å²) in [5, 5.41) is 15.6. The van der Waals surface area contributed by atoms with Gasteiger partial charge in [0.05, 0.1) is 5.69 Å². The normalized spacial score (nSPS) is 11.4. The highest BCUT2D eigenvalue weighted by Gasteiger charge is 2.21. The van der Waals surface area contributed by atoms with E-state index in [0.717, 1.165) is 5.69 Å². The third-order valence-corrected chi connectivity index (χ3v) is 3.77. The van der Waals surface area contributed by atoms with Crippen LogP contribution in [0.15, 0.2) is 77.1 Å². The van der Waals surface area contributed by atoms with E-state index in [1.807, 2.05) is 36.4 Å². The zero-order chi connectivity index (χ0) is 17.9. The Labute approximate surface area is 161 Å². The fraction of sp³-hybridized carbons (Fsp3) is 0. The van der Waals surface area contributed by atoms with Gasteiger partial charge >= 0.3 is 0 Å². The predicted octanol–water partition coefficient (Wildman–Crippen LogP) is 5.40. The predicted molar refractivity (Wildman–Crippen MR) is 106 cm³/mol. The number of amidine groups is 1. The first-order valence-corrected chi connectivity index (χ1v) is 7.90. The van der Waals surface area contributed by atoms with Crippen LogP contribution in [0.5, 0.6) is 23.0 Å². The highest BCUT2D eigenvalue weighted by Crippen LogP contribution is 2.49. The van der Waals surface area contributed by atoms with Gasteiger partial charge in [-0.25, -0.2) is 0 Å².